The molecule has 0 saturated heterocycles. The molecule has 0 aliphatic heterocycles. The molecule has 0 aliphatic rings. The van der Waals surface area contributed by atoms with Crippen LogP contribution in [-0.4, -0.2) is 44.3 Å². The molecule has 7 nitrogen and oxygen atoms in total. The van der Waals surface area contributed by atoms with Crippen LogP contribution < -0.4 is 9.62 Å². The molecule has 0 saturated carbocycles. The number of benzene rings is 4. The first-order valence-electron chi connectivity index (χ1n) is 14.4. The smallest absolute Gasteiger partial charge is 0.264 e. The van der Waals surface area contributed by atoms with Gasteiger partial charge in [0.05, 0.1) is 10.6 Å². The maximum absolute atomic E-state index is 14.4. The number of rotatable bonds is 14. The van der Waals surface area contributed by atoms with Gasteiger partial charge in [-0.05, 0) is 60.0 Å². The minimum atomic E-state index is -4.20. The molecule has 44 heavy (non-hydrogen) atoms. The first-order chi connectivity index (χ1) is 21.2. The van der Waals surface area contributed by atoms with Crippen molar-refractivity contribution in [2.45, 2.75) is 43.7 Å². The summed E-state index contributed by atoms with van der Waals surface area (Å²) in [6, 6.07) is 29.8. The quantitative estimate of drug-likeness (QED) is 0.153. The molecule has 0 aromatic heterocycles. The summed E-state index contributed by atoms with van der Waals surface area (Å²) >= 11 is 12.6. The Hall–Kier alpha value is -3.85. The standard InChI is InChI=1S/C34H35Cl2N3O4S/c1-2-3-22-37-34(41)32(23-26-12-6-4-7-13-26)38(24-27-14-10-11-17-31(27)36)33(40)25-39(29-15-8-5-9-16-29)44(42,43)30-20-18-28(35)19-21-30/h4-21,32H,2-3,22-25H2,1H3,(H,37,41)/t32-/m0/s1. The zero-order valence-electron chi connectivity index (χ0n) is 24.4. The second-order valence-corrected chi connectivity index (χ2v) is 13.0. The van der Waals surface area contributed by atoms with E-state index in [0.29, 0.717) is 27.8 Å². The third-order valence-corrected chi connectivity index (χ3v) is 9.53. The third-order valence-electron chi connectivity index (χ3n) is 7.12. The number of unbranched alkanes of at least 4 members (excludes halogenated alkanes) is 1. The lowest BCUT2D eigenvalue weighted by atomic mass is 10.0. The van der Waals surface area contributed by atoms with Crippen molar-refractivity contribution in [1.82, 2.24) is 10.2 Å². The van der Waals surface area contributed by atoms with E-state index >= 15 is 0 Å². The molecule has 230 valence electrons. The minimum Gasteiger partial charge on any atom is -0.354 e. The molecule has 0 fully saturated rings. The Morgan fingerprint density at radius 3 is 2.07 bits per heavy atom. The van der Waals surface area contributed by atoms with Crippen molar-refractivity contribution in [2.75, 3.05) is 17.4 Å². The lowest BCUT2D eigenvalue weighted by molar-refractivity contribution is -0.140. The minimum absolute atomic E-state index is 0.000820. The molecular weight excluding hydrogens is 617 g/mol. The Balaban J connectivity index is 1.78. The predicted molar refractivity (Wildman–Crippen MR) is 176 cm³/mol. The van der Waals surface area contributed by atoms with E-state index in [0.717, 1.165) is 22.7 Å². The Morgan fingerprint density at radius 1 is 0.818 bits per heavy atom. The highest BCUT2D eigenvalue weighted by atomic mass is 35.5. The van der Waals surface area contributed by atoms with Gasteiger partial charge in [-0.3, -0.25) is 13.9 Å². The molecule has 0 aliphatic carbocycles. The Morgan fingerprint density at radius 2 is 1.43 bits per heavy atom. The fourth-order valence-corrected chi connectivity index (χ4v) is 6.46. The molecule has 0 heterocycles. The zero-order valence-corrected chi connectivity index (χ0v) is 26.7. The summed E-state index contributed by atoms with van der Waals surface area (Å²) in [7, 11) is -4.20. The molecule has 1 N–H and O–H groups in total. The van der Waals surface area contributed by atoms with Gasteiger partial charge in [0.15, 0.2) is 0 Å². The molecule has 10 heteroatoms. The van der Waals surface area contributed by atoms with Gasteiger partial charge in [0.25, 0.3) is 10.0 Å². The van der Waals surface area contributed by atoms with Crippen molar-refractivity contribution in [3.63, 3.8) is 0 Å². The molecule has 4 aromatic rings. The molecule has 0 spiro atoms. The fourth-order valence-electron chi connectivity index (χ4n) is 4.73. The van der Waals surface area contributed by atoms with Gasteiger partial charge in [0.1, 0.15) is 12.6 Å². The van der Waals surface area contributed by atoms with Crippen molar-refractivity contribution in [3.05, 3.63) is 130 Å². The normalized spacial score (nSPS) is 11.9. The molecular formula is C34H35Cl2N3O4S. The van der Waals surface area contributed by atoms with Crippen molar-refractivity contribution >= 4 is 50.7 Å². The van der Waals surface area contributed by atoms with E-state index in [4.69, 9.17) is 23.2 Å². The van der Waals surface area contributed by atoms with Crippen LogP contribution in [0.25, 0.3) is 0 Å². The lowest BCUT2D eigenvalue weighted by Crippen LogP contribution is -2.53. The first kappa shape index (κ1) is 33.1. The lowest BCUT2D eigenvalue weighted by Gasteiger charge is -2.34. The van der Waals surface area contributed by atoms with Crippen molar-refractivity contribution in [1.29, 1.82) is 0 Å². The zero-order chi connectivity index (χ0) is 31.5. The SMILES string of the molecule is CCCCNC(=O)[C@H](Cc1ccccc1)N(Cc1ccccc1Cl)C(=O)CN(c1ccccc1)S(=O)(=O)c1ccc(Cl)cc1. The van der Waals surface area contributed by atoms with Crippen molar-refractivity contribution in [2.24, 2.45) is 0 Å². The summed E-state index contributed by atoms with van der Waals surface area (Å²) < 4.78 is 29.1. The van der Waals surface area contributed by atoms with Crippen molar-refractivity contribution < 1.29 is 18.0 Å². The number of hydrogen-bond acceptors (Lipinski definition) is 4. The highest BCUT2D eigenvalue weighted by Crippen LogP contribution is 2.26. The van der Waals surface area contributed by atoms with E-state index in [2.05, 4.69) is 5.32 Å². The number of amides is 2. The number of halogens is 2. The molecule has 0 bridgehead atoms. The molecule has 0 unspecified atom stereocenters. The number of para-hydroxylation sites is 1. The first-order valence-corrected chi connectivity index (χ1v) is 16.6. The third kappa shape index (κ3) is 8.62. The maximum Gasteiger partial charge on any atom is 0.264 e. The highest BCUT2D eigenvalue weighted by Gasteiger charge is 2.34. The Kier molecular flexibility index (Phi) is 11.8. The number of carbonyl (C=O) groups is 2. The van der Waals surface area contributed by atoms with Gasteiger partial charge in [0, 0.05) is 29.6 Å². The number of carbonyl (C=O) groups excluding carboxylic acids is 2. The summed E-state index contributed by atoms with van der Waals surface area (Å²) in [6.07, 6.45) is 1.90. The second-order valence-electron chi connectivity index (χ2n) is 10.3. The Bertz CT molecular complexity index is 1640. The van der Waals surface area contributed by atoms with Crippen LogP contribution in [-0.2, 0) is 32.6 Å². The van der Waals surface area contributed by atoms with Gasteiger partial charge in [-0.1, -0.05) is 103 Å². The monoisotopic (exact) mass is 651 g/mol. The summed E-state index contributed by atoms with van der Waals surface area (Å²) in [5.41, 5.74) is 1.79. The number of sulfonamides is 1. The summed E-state index contributed by atoms with van der Waals surface area (Å²) in [5, 5.41) is 3.79. The van der Waals surface area contributed by atoms with E-state index in [1.807, 2.05) is 37.3 Å². The van der Waals surface area contributed by atoms with E-state index in [-0.39, 0.29) is 23.8 Å². The van der Waals surface area contributed by atoms with Gasteiger partial charge >= 0.3 is 0 Å². The molecule has 4 aromatic carbocycles. The van der Waals surface area contributed by atoms with E-state index in [1.165, 1.54) is 29.2 Å². The van der Waals surface area contributed by atoms with Crippen LogP contribution in [0, 0.1) is 0 Å². The van der Waals surface area contributed by atoms with Crippen LogP contribution in [0.1, 0.15) is 30.9 Å². The highest BCUT2D eigenvalue weighted by molar-refractivity contribution is 7.92. The van der Waals surface area contributed by atoms with Gasteiger partial charge in [-0.25, -0.2) is 8.42 Å². The predicted octanol–water partition coefficient (Wildman–Crippen LogP) is 6.75. The van der Waals surface area contributed by atoms with Crippen molar-refractivity contribution in [3.8, 4) is 0 Å². The van der Waals surface area contributed by atoms with Crippen LogP contribution in [0.2, 0.25) is 10.0 Å². The van der Waals surface area contributed by atoms with Crippen LogP contribution >= 0.6 is 23.2 Å². The average Bonchev–Trinajstić information content (AvgIpc) is 3.03. The summed E-state index contributed by atoms with van der Waals surface area (Å²) in [4.78, 5) is 29.6. The molecule has 1 atom stereocenters. The number of nitrogens with one attached hydrogen (secondary N) is 1. The van der Waals surface area contributed by atoms with E-state index < -0.39 is 28.5 Å². The topological polar surface area (TPSA) is 86.8 Å². The fraction of sp³-hybridized carbons (Fsp3) is 0.235. The van der Waals surface area contributed by atoms with E-state index in [1.54, 1.807) is 54.6 Å². The molecule has 0 radical (unpaired) electrons. The second kappa shape index (κ2) is 15.7. The molecule has 2 amide bonds. The Labute approximate surface area is 269 Å². The van der Waals surface area contributed by atoms with Gasteiger partial charge in [-0.2, -0.15) is 0 Å². The summed E-state index contributed by atoms with van der Waals surface area (Å²) in [6.45, 7) is 1.93. The van der Waals surface area contributed by atoms with Gasteiger partial charge < -0.3 is 10.2 Å². The van der Waals surface area contributed by atoms with Crippen LogP contribution in [0.3, 0.4) is 0 Å². The van der Waals surface area contributed by atoms with Gasteiger partial charge in [-0.15, -0.1) is 0 Å². The van der Waals surface area contributed by atoms with Crippen LogP contribution in [0.4, 0.5) is 5.69 Å². The number of anilines is 1. The van der Waals surface area contributed by atoms with Crippen LogP contribution in [0.5, 0.6) is 0 Å². The largest absolute Gasteiger partial charge is 0.354 e. The maximum atomic E-state index is 14.4. The average molecular weight is 653 g/mol. The number of hydrogen-bond donors (Lipinski definition) is 1. The molecule has 4 rings (SSSR count). The summed E-state index contributed by atoms with van der Waals surface area (Å²) in [5.74, 6) is -0.882. The van der Waals surface area contributed by atoms with Gasteiger partial charge in [0.2, 0.25) is 11.8 Å². The number of nitrogens with zero attached hydrogens (tertiary/aromatic N) is 2. The van der Waals surface area contributed by atoms with E-state index in [9.17, 15) is 18.0 Å². The van der Waals surface area contributed by atoms with Crippen LogP contribution in [0.15, 0.2) is 114 Å².